The number of benzene rings is 1. The number of nitrogens with one attached hydrogen (secondary N) is 1. The van der Waals surface area contributed by atoms with Gasteiger partial charge in [-0.25, -0.2) is 0 Å². The summed E-state index contributed by atoms with van der Waals surface area (Å²) in [7, 11) is 0. The monoisotopic (exact) mass is 296 g/mol. The summed E-state index contributed by atoms with van der Waals surface area (Å²) in [6, 6.07) is 7.39. The Morgan fingerprint density at radius 3 is 3.00 bits per heavy atom. The predicted molar refractivity (Wildman–Crippen MR) is 79.7 cm³/mol. The average molecular weight is 297 g/mol. The van der Waals surface area contributed by atoms with Crippen molar-refractivity contribution in [2.24, 2.45) is 0 Å². The van der Waals surface area contributed by atoms with E-state index in [1.54, 1.807) is 0 Å². The molecule has 0 saturated carbocycles. The molecule has 0 radical (unpaired) electrons. The van der Waals surface area contributed by atoms with E-state index in [1.165, 1.54) is 0 Å². The van der Waals surface area contributed by atoms with Gasteiger partial charge in [-0.15, -0.1) is 0 Å². The number of piperidine rings is 1. The van der Waals surface area contributed by atoms with Gasteiger partial charge >= 0.3 is 0 Å². The smallest absolute Gasteiger partial charge is 0.234 e. The van der Waals surface area contributed by atoms with Crippen LogP contribution in [0.5, 0.6) is 0 Å². The van der Waals surface area contributed by atoms with Crippen LogP contribution < -0.4 is 5.32 Å². The zero-order valence-electron chi connectivity index (χ0n) is 11.7. The van der Waals surface area contributed by atoms with Gasteiger partial charge < -0.3 is 10.4 Å². The fourth-order valence-corrected chi connectivity index (χ4v) is 2.87. The number of aliphatic hydroxyl groups excluding tert-OH is 1. The molecule has 0 spiro atoms. The topological polar surface area (TPSA) is 52.6 Å². The van der Waals surface area contributed by atoms with Crippen LogP contribution >= 0.6 is 11.6 Å². The molecule has 20 heavy (non-hydrogen) atoms. The van der Waals surface area contributed by atoms with Crippen molar-refractivity contribution in [2.45, 2.75) is 31.9 Å². The van der Waals surface area contributed by atoms with Gasteiger partial charge in [0, 0.05) is 11.6 Å². The third-order valence-corrected chi connectivity index (χ3v) is 3.94. The SMILES string of the molecule is CC(NC(=O)CN1CCCC(O)C1)c1ccccc1Cl. The van der Waals surface area contributed by atoms with Crippen LogP contribution in [0.1, 0.15) is 31.4 Å². The van der Waals surface area contributed by atoms with Crippen molar-refractivity contribution in [1.29, 1.82) is 0 Å². The molecular weight excluding hydrogens is 276 g/mol. The highest BCUT2D eigenvalue weighted by atomic mass is 35.5. The molecule has 2 N–H and O–H groups in total. The van der Waals surface area contributed by atoms with Gasteiger partial charge in [-0.05, 0) is 37.9 Å². The van der Waals surface area contributed by atoms with E-state index in [1.807, 2.05) is 36.1 Å². The zero-order valence-corrected chi connectivity index (χ0v) is 12.4. The van der Waals surface area contributed by atoms with Gasteiger partial charge in [-0.3, -0.25) is 9.69 Å². The van der Waals surface area contributed by atoms with E-state index in [9.17, 15) is 9.90 Å². The van der Waals surface area contributed by atoms with Crippen LogP contribution in [-0.2, 0) is 4.79 Å². The fourth-order valence-electron chi connectivity index (χ4n) is 2.57. The minimum Gasteiger partial charge on any atom is -0.392 e. The first kappa shape index (κ1) is 15.3. The number of β-amino-alcohol motifs (C(OH)–C–C–N with tert-alkyl or cyclic N) is 1. The number of nitrogens with zero attached hydrogens (tertiary/aromatic N) is 1. The number of hydrogen-bond acceptors (Lipinski definition) is 3. The number of halogens is 1. The highest BCUT2D eigenvalue weighted by Crippen LogP contribution is 2.22. The molecule has 1 aliphatic rings. The molecule has 1 aromatic carbocycles. The van der Waals surface area contributed by atoms with Crippen LogP contribution in [0.25, 0.3) is 0 Å². The summed E-state index contributed by atoms with van der Waals surface area (Å²) in [6.07, 6.45) is 1.46. The molecule has 1 aliphatic heterocycles. The molecule has 1 heterocycles. The summed E-state index contributed by atoms with van der Waals surface area (Å²) in [6.45, 7) is 3.69. The van der Waals surface area contributed by atoms with E-state index in [2.05, 4.69) is 5.32 Å². The van der Waals surface area contributed by atoms with E-state index in [0.717, 1.165) is 24.9 Å². The maximum Gasteiger partial charge on any atom is 0.234 e. The van der Waals surface area contributed by atoms with Crippen molar-refractivity contribution in [1.82, 2.24) is 10.2 Å². The van der Waals surface area contributed by atoms with Gasteiger partial charge in [0.05, 0.1) is 18.7 Å². The molecule has 0 aromatic heterocycles. The second-order valence-corrected chi connectivity index (χ2v) is 5.75. The van der Waals surface area contributed by atoms with Crippen molar-refractivity contribution >= 4 is 17.5 Å². The summed E-state index contributed by atoms with van der Waals surface area (Å²) in [5, 5.41) is 13.2. The normalized spacial score (nSPS) is 21.4. The summed E-state index contributed by atoms with van der Waals surface area (Å²) >= 11 is 6.12. The molecule has 0 bridgehead atoms. The number of rotatable bonds is 4. The molecule has 2 unspecified atom stereocenters. The Bertz CT molecular complexity index is 467. The van der Waals surface area contributed by atoms with Gasteiger partial charge in [-0.2, -0.15) is 0 Å². The van der Waals surface area contributed by atoms with Crippen molar-refractivity contribution in [3.05, 3.63) is 34.9 Å². The van der Waals surface area contributed by atoms with Gasteiger partial charge in [0.1, 0.15) is 0 Å². The molecule has 1 amide bonds. The van der Waals surface area contributed by atoms with E-state index < -0.39 is 0 Å². The van der Waals surface area contributed by atoms with Gasteiger partial charge in [0.2, 0.25) is 5.91 Å². The molecule has 2 rings (SSSR count). The lowest BCUT2D eigenvalue weighted by Crippen LogP contribution is -2.44. The van der Waals surface area contributed by atoms with Crippen LogP contribution in [0.3, 0.4) is 0 Å². The van der Waals surface area contributed by atoms with Crippen LogP contribution in [0.4, 0.5) is 0 Å². The lowest BCUT2D eigenvalue weighted by atomic mass is 10.1. The molecule has 0 aliphatic carbocycles. The van der Waals surface area contributed by atoms with Gasteiger partial charge in [0.15, 0.2) is 0 Å². The predicted octanol–water partition coefficient (Wildman–Crippen LogP) is 1.97. The number of aliphatic hydroxyl groups is 1. The summed E-state index contributed by atoms with van der Waals surface area (Å²) < 4.78 is 0. The number of carbonyl (C=O) groups excluding carboxylic acids is 1. The molecule has 2 atom stereocenters. The summed E-state index contributed by atoms with van der Waals surface area (Å²) in [5.74, 6) is -0.0356. The van der Waals surface area contributed by atoms with Crippen LogP contribution in [0.15, 0.2) is 24.3 Å². The third-order valence-electron chi connectivity index (χ3n) is 3.60. The van der Waals surface area contributed by atoms with Crippen molar-refractivity contribution in [3.63, 3.8) is 0 Å². The summed E-state index contributed by atoms with van der Waals surface area (Å²) in [5.41, 5.74) is 0.918. The Hall–Kier alpha value is -1.10. The van der Waals surface area contributed by atoms with Crippen LogP contribution in [0.2, 0.25) is 5.02 Å². The molecule has 1 fully saturated rings. The zero-order chi connectivity index (χ0) is 14.5. The Morgan fingerprint density at radius 2 is 2.30 bits per heavy atom. The molecule has 110 valence electrons. The lowest BCUT2D eigenvalue weighted by molar-refractivity contribution is -0.123. The Labute approximate surface area is 124 Å². The Balaban J connectivity index is 1.86. The van der Waals surface area contributed by atoms with Gasteiger partial charge in [0.25, 0.3) is 0 Å². The van der Waals surface area contributed by atoms with Gasteiger partial charge in [-0.1, -0.05) is 29.8 Å². The lowest BCUT2D eigenvalue weighted by Gasteiger charge is -2.29. The summed E-state index contributed by atoms with van der Waals surface area (Å²) in [4.78, 5) is 14.0. The molecule has 1 aromatic rings. The second-order valence-electron chi connectivity index (χ2n) is 5.34. The Morgan fingerprint density at radius 1 is 1.55 bits per heavy atom. The number of amides is 1. The first-order chi connectivity index (χ1) is 9.56. The minimum atomic E-state index is -0.308. The fraction of sp³-hybridized carbons (Fsp3) is 0.533. The van der Waals surface area contributed by atoms with Crippen molar-refractivity contribution in [2.75, 3.05) is 19.6 Å². The highest BCUT2D eigenvalue weighted by Gasteiger charge is 2.20. The third kappa shape index (κ3) is 4.20. The van der Waals surface area contributed by atoms with Crippen molar-refractivity contribution < 1.29 is 9.90 Å². The van der Waals surface area contributed by atoms with Crippen LogP contribution in [-0.4, -0.2) is 41.7 Å². The quantitative estimate of drug-likeness (QED) is 0.893. The van der Waals surface area contributed by atoms with E-state index in [0.29, 0.717) is 18.1 Å². The molecule has 5 heteroatoms. The van der Waals surface area contributed by atoms with E-state index in [-0.39, 0.29) is 18.1 Å². The number of likely N-dealkylation sites (tertiary alicyclic amines) is 1. The maximum absolute atomic E-state index is 12.0. The van der Waals surface area contributed by atoms with E-state index in [4.69, 9.17) is 11.6 Å². The largest absolute Gasteiger partial charge is 0.392 e. The second kappa shape index (κ2) is 7.07. The molecule has 1 saturated heterocycles. The van der Waals surface area contributed by atoms with E-state index >= 15 is 0 Å². The van der Waals surface area contributed by atoms with Crippen LogP contribution in [0, 0.1) is 0 Å². The van der Waals surface area contributed by atoms with Crippen molar-refractivity contribution in [3.8, 4) is 0 Å². The molecule has 4 nitrogen and oxygen atoms in total. The minimum absolute atomic E-state index is 0.0356. The average Bonchev–Trinajstić information content (AvgIpc) is 2.38. The Kier molecular flexibility index (Phi) is 5.40. The first-order valence-corrected chi connectivity index (χ1v) is 7.38. The highest BCUT2D eigenvalue weighted by molar-refractivity contribution is 6.31. The number of hydrogen-bond donors (Lipinski definition) is 2. The maximum atomic E-state index is 12.0. The number of carbonyl (C=O) groups is 1. The first-order valence-electron chi connectivity index (χ1n) is 7.00. The molecular formula is C15H21ClN2O2. The standard InChI is InChI=1S/C15H21ClN2O2/c1-11(13-6-2-3-7-14(13)16)17-15(20)10-18-8-4-5-12(19)9-18/h2-3,6-7,11-12,19H,4-5,8-10H2,1H3,(H,17,20).